The minimum absolute atomic E-state index is 0.0410. The number of urea groups is 1. The molecule has 7 nitrogen and oxygen atoms in total. The number of aromatic nitrogens is 3. The zero-order valence-electron chi connectivity index (χ0n) is 14.4. The molecule has 132 valence electrons. The molecule has 3 heterocycles. The summed E-state index contributed by atoms with van der Waals surface area (Å²) in [6.45, 7) is 0.776. The van der Waals surface area contributed by atoms with Crippen LogP contribution in [0.3, 0.4) is 0 Å². The molecular weight excluding hydrogens is 318 g/mol. The summed E-state index contributed by atoms with van der Waals surface area (Å²) in [6.07, 6.45) is 6.84. The number of rotatable bonds is 3. The number of fused-ring (bicyclic) bond motifs is 1. The van der Waals surface area contributed by atoms with Crippen molar-refractivity contribution in [1.29, 1.82) is 0 Å². The van der Waals surface area contributed by atoms with Gasteiger partial charge in [-0.15, -0.1) is 0 Å². The van der Waals surface area contributed by atoms with Gasteiger partial charge in [0.05, 0.1) is 17.4 Å². The Kier molecular flexibility index (Phi) is 4.40. The normalized spacial score (nSPS) is 22.4. The van der Waals surface area contributed by atoms with Crippen LogP contribution in [-0.2, 0) is 18.2 Å². The summed E-state index contributed by atoms with van der Waals surface area (Å²) in [5.74, 6) is 0.667. The van der Waals surface area contributed by atoms with Crippen LogP contribution in [0.5, 0.6) is 0 Å². The smallest absolute Gasteiger partial charge is 0.320 e. The van der Waals surface area contributed by atoms with Crippen molar-refractivity contribution in [2.24, 2.45) is 7.05 Å². The molecule has 1 unspecified atom stereocenters. The van der Waals surface area contributed by atoms with Gasteiger partial charge in [-0.3, -0.25) is 15.0 Å². The number of nitrogens with one attached hydrogen (secondary N) is 2. The number of anilines is 1. The Bertz CT molecular complexity index is 767. The predicted molar refractivity (Wildman–Crippen MR) is 93.2 cm³/mol. The number of carbonyl (C=O) groups is 1. The summed E-state index contributed by atoms with van der Waals surface area (Å²) in [5, 5.41) is 10.4. The minimum atomic E-state index is -0.231. The Morgan fingerprint density at radius 2 is 2.28 bits per heavy atom. The van der Waals surface area contributed by atoms with Crippen LogP contribution in [-0.4, -0.2) is 27.4 Å². The van der Waals surface area contributed by atoms with Crippen LogP contribution >= 0.6 is 0 Å². The molecule has 4 rings (SSSR count). The molecule has 0 saturated carbocycles. The van der Waals surface area contributed by atoms with Gasteiger partial charge in [0.15, 0.2) is 0 Å². The van der Waals surface area contributed by atoms with E-state index in [4.69, 9.17) is 4.74 Å². The van der Waals surface area contributed by atoms with Crippen LogP contribution in [0.4, 0.5) is 10.6 Å². The number of carbonyl (C=O) groups excluding carboxylic acids is 1. The van der Waals surface area contributed by atoms with E-state index < -0.39 is 0 Å². The van der Waals surface area contributed by atoms with E-state index in [1.54, 1.807) is 10.9 Å². The summed E-state index contributed by atoms with van der Waals surface area (Å²) in [4.78, 5) is 16.9. The number of hydrogen-bond donors (Lipinski definition) is 2. The summed E-state index contributed by atoms with van der Waals surface area (Å²) in [6, 6.07) is 5.65. The first-order chi connectivity index (χ1) is 12.2. The van der Waals surface area contributed by atoms with Crippen molar-refractivity contribution in [2.75, 3.05) is 11.9 Å². The molecule has 1 saturated heterocycles. The molecule has 7 heteroatoms. The van der Waals surface area contributed by atoms with Crippen molar-refractivity contribution in [3.05, 3.63) is 41.3 Å². The van der Waals surface area contributed by atoms with Gasteiger partial charge in [-0.1, -0.05) is 6.07 Å². The highest BCUT2D eigenvalue weighted by Crippen LogP contribution is 2.30. The van der Waals surface area contributed by atoms with Crippen LogP contribution in [0.25, 0.3) is 0 Å². The standard InChI is InChI=1S/C18H23N5O2/c1-23-16(11-14(22-23)15-8-4-10-25-15)21-18(24)20-13-7-2-5-12-6-3-9-19-17(12)13/h3,6,9,11,13,15H,2,4-5,7-8,10H2,1H3,(H2,20,21,24)/t13-,15?/m1/s1. The van der Waals surface area contributed by atoms with E-state index in [2.05, 4.69) is 26.8 Å². The Morgan fingerprint density at radius 3 is 3.12 bits per heavy atom. The van der Waals surface area contributed by atoms with E-state index in [1.807, 2.05) is 19.2 Å². The maximum absolute atomic E-state index is 12.5. The van der Waals surface area contributed by atoms with E-state index in [-0.39, 0.29) is 18.2 Å². The third kappa shape index (κ3) is 3.37. The van der Waals surface area contributed by atoms with E-state index in [1.165, 1.54) is 5.56 Å². The number of aryl methyl sites for hydroxylation is 2. The lowest BCUT2D eigenvalue weighted by Gasteiger charge is -2.25. The first-order valence-electron chi connectivity index (χ1n) is 8.87. The molecule has 0 radical (unpaired) electrons. The Morgan fingerprint density at radius 1 is 1.36 bits per heavy atom. The number of hydrogen-bond acceptors (Lipinski definition) is 4. The lowest BCUT2D eigenvalue weighted by atomic mass is 9.92. The van der Waals surface area contributed by atoms with Gasteiger partial charge in [-0.25, -0.2) is 4.79 Å². The van der Waals surface area contributed by atoms with Crippen LogP contribution in [0.2, 0.25) is 0 Å². The third-order valence-electron chi connectivity index (χ3n) is 4.90. The average Bonchev–Trinajstić information content (AvgIpc) is 3.26. The van der Waals surface area contributed by atoms with E-state index >= 15 is 0 Å². The number of nitrogens with zero attached hydrogens (tertiary/aromatic N) is 3. The van der Waals surface area contributed by atoms with Gasteiger partial charge in [0.2, 0.25) is 0 Å². The highest BCUT2D eigenvalue weighted by molar-refractivity contribution is 5.88. The second-order valence-corrected chi connectivity index (χ2v) is 6.67. The largest absolute Gasteiger partial charge is 0.372 e. The summed E-state index contributed by atoms with van der Waals surface area (Å²) >= 11 is 0. The SMILES string of the molecule is Cn1nc(C2CCCO2)cc1NC(=O)N[C@@H]1CCCc2cccnc21. The minimum Gasteiger partial charge on any atom is -0.372 e. The molecule has 0 aromatic carbocycles. The first-order valence-corrected chi connectivity index (χ1v) is 8.87. The lowest BCUT2D eigenvalue weighted by Crippen LogP contribution is -2.35. The summed E-state index contributed by atoms with van der Waals surface area (Å²) in [5.41, 5.74) is 3.08. The number of ether oxygens (including phenoxy) is 1. The molecule has 2 atom stereocenters. The fourth-order valence-electron chi connectivity index (χ4n) is 3.64. The molecule has 0 spiro atoms. The van der Waals surface area contributed by atoms with Crippen molar-refractivity contribution < 1.29 is 9.53 Å². The zero-order valence-corrected chi connectivity index (χ0v) is 14.4. The summed E-state index contributed by atoms with van der Waals surface area (Å²) in [7, 11) is 1.82. The quantitative estimate of drug-likeness (QED) is 0.899. The van der Waals surface area contributed by atoms with E-state index in [0.29, 0.717) is 5.82 Å². The highest BCUT2D eigenvalue weighted by Gasteiger charge is 2.24. The second-order valence-electron chi connectivity index (χ2n) is 6.67. The zero-order chi connectivity index (χ0) is 17.2. The van der Waals surface area contributed by atoms with Gasteiger partial charge in [-0.05, 0) is 43.7 Å². The second kappa shape index (κ2) is 6.84. The Labute approximate surface area is 146 Å². The Balaban J connectivity index is 1.43. The maximum Gasteiger partial charge on any atom is 0.320 e. The number of amides is 2. The molecule has 25 heavy (non-hydrogen) atoms. The number of pyridine rings is 1. The Hall–Kier alpha value is -2.41. The van der Waals surface area contributed by atoms with Gasteiger partial charge >= 0.3 is 6.03 Å². The monoisotopic (exact) mass is 341 g/mol. The molecule has 2 N–H and O–H groups in total. The molecule has 2 aromatic rings. The van der Waals surface area contributed by atoms with Gasteiger partial charge in [0, 0.05) is 25.9 Å². The fraction of sp³-hybridized carbons (Fsp3) is 0.500. The maximum atomic E-state index is 12.5. The molecule has 2 amide bonds. The van der Waals surface area contributed by atoms with Gasteiger partial charge in [0.25, 0.3) is 0 Å². The molecule has 1 aliphatic carbocycles. The van der Waals surface area contributed by atoms with Crippen molar-refractivity contribution in [2.45, 2.75) is 44.2 Å². The van der Waals surface area contributed by atoms with Gasteiger partial charge in [0.1, 0.15) is 11.9 Å². The van der Waals surface area contributed by atoms with Crippen molar-refractivity contribution >= 4 is 11.8 Å². The first kappa shape index (κ1) is 16.1. The molecule has 2 aromatic heterocycles. The molecule has 1 fully saturated rings. The summed E-state index contributed by atoms with van der Waals surface area (Å²) < 4.78 is 7.34. The topological polar surface area (TPSA) is 81.1 Å². The van der Waals surface area contributed by atoms with Crippen molar-refractivity contribution in [1.82, 2.24) is 20.1 Å². The lowest BCUT2D eigenvalue weighted by molar-refractivity contribution is 0.108. The van der Waals surface area contributed by atoms with Crippen LogP contribution in [0.1, 0.15) is 54.8 Å². The van der Waals surface area contributed by atoms with Crippen LogP contribution in [0.15, 0.2) is 24.4 Å². The van der Waals surface area contributed by atoms with Crippen LogP contribution < -0.4 is 10.6 Å². The molecular formula is C18H23N5O2. The van der Waals surface area contributed by atoms with Crippen molar-refractivity contribution in [3.63, 3.8) is 0 Å². The predicted octanol–water partition coefficient (Wildman–Crippen LogP) is 2.87. The van der Waals surface area contributed by atoms with E-state index in [0.717, 1.165) is 50.1 Å². The fourth-order valence-corrected chi connectivity index (χ4v) is 3.64. The molecule has 0 bridgehead atoms. The van der Waals surface area contributed by atoms with E-state index in [9.17, 15) is 4.79 Å². The average molecular weight is 341 g/mol. The third-order valence-corrected chi connectivity index (χ3v) is 4.90. The van der Waals surface area contributed by atoms with Gasteiger partial charge < -0.3 is 10.1 Å². The molecule has 2 aliphatic rings. The molecule has 1 aliphatic heterocycles. The van der Waals surface area contributed by atoms with Gasteiger partial charge in [-0.2, -0.15) is 5.10 Å². The van der Waals surface area contributed by atoms with Crippen LogP contribution in [0, 0.1) is 0 Å². The highest BCUT2D eigenvalue weighted by atomic mass is 16.5. The van der Waals surface area contributed by atoms with Crippen molar-refractivity contribution in [3.8, 4) is 0 Å².